The monoisotopic (exact) mass is 544 g/mol. The first-order valence-corrected chi connectivity index (χ1v) is 14.4. The van der Waals surface area contributed by atoms with Crippen LogP contribution in [-0.2, 0) is 0 Å². The third kappa shape index (κ3) is 2.72. The van der Waals surface area contributed by atoms with E-state index in [9.17, 15) is 9.59 Å². The predicted octanol–water partition coefficient (Wildman–Crippen LogP) is 8.96. The smallest absolute Gasteiger partial charge is 0.194 e. The van der Waals surface area contributed by atoms with Crippen molar-refractivity contribution in [3.05, 3.63) is 107 Å². The quantitative estimate of drug-likeness (QED) is 0.164. The molecule has 0 aliphatic heterocycles. The van der Waals surface area contributed by atoms with Crippen LogP contribution in [0.5, 0.6) is 11.5 Å². The molecule has 4 nitrogen and oxygen atoms in total. The van der Waals surface area contributed by atoms with Gasteiger partial charge >= 0.3 is 0 Å². The first-order chi connectivity index (χ1) is 20.6. The average molecular weight is 545 g/mol. The lowest BCUT2D eigenvalue weighted by atomic mass is 9.76. The Morgan fingerprint density at radius 3 is 1.24 bits per heavy atom. The number of rotatable bonds is 4. The number of ketones is 2. The van der Waals surface area contributed by atoms with Gasteiger partial charge in [0.2, 0.25) is 0 Å². The van der Waals surface area contributed by atoms with Crippen molar-refractivity contribution < 1.29 is 19.1 Å². The van der Waals surface area contributed by atoms with Gasteiger partial charge in [-0.05, 0) is 71.1 Å². The number of hydrogen-bond donors (Lipinski definition) is 0. The summed E-state index contributed by atoms with van der Waals surface area (Å²) in [4.78, 5) is 27.7. The zero-order valence-corrected chi connectivity index (χ0v) is 23.1. The van der Waals surface area contributed by atoms with Crippen LogP contribution in [0.2, 0.25) is 0 Å². The largest absolute Gasteiger partial charge is 0.493 e. The average Bonchev–Trinajstić information content (AvgIpc) is 3.02. The van der Waals surface area contributed by atoms with E-state index in [0.717, 1.165) is 76.8 Å². The van der Waals surface area contributed by atoms with E-state index >= 15 is 0 Å². The van der Waals surface area contributed by atoms with E-state index in [4.69, 9.17) is 9.47 Å². The molecule has 0 radical (unpaired) electrons. The van der Waals surface area contributed by atoms with Crippen molar-refractivity contribution in [2.75, 3.05) is 13.2 Å². The number of carbonyl (C=O) groups excluding carboxylic acids is 2. The van der Waals surface area contributed by atoms with Gasteiger partial charge in [0.1, 0.15) is 11.5 Å². The molecule has 0 N–H and O–H groups in total. The molecule has 7 aromatic carbocycles. The molecular formula is C38H24O4. The molecule has 9 rings (SSSR count). The standard InChI is InChI=1S/C38H24O4/c1-3-41-29-17-27-19-9-5-7-11-23(19)37(39)25-15-13-21-22-14-16-26-32-28(20-10-6-8-12-24(20)38(26)40)18-30(42-4-2)36(34(22)32)35(29)33(21)31(25)27/h5-18H,3-4H2,1-2H3. The van der Waals surface area contributed by atoms with Gasteiger partial charge in [-0.25, -0.2) is 0 Å². The second kappa shape index (κ2) is 8.17. The van der Waals surface area contributed by atoms with Crippen molar-refractivity contribution in [3.63, 3.8) is 0 Å². The zero-order valence-electron chi connectivity index (χ0n) is 23.1. The van der Waals surface area contributed by atoms with Gasteiger partial charge in [0.15, 0.2) is 11.6 Å². The van der Waals surface area contributed by atoms with Crippen LogP contribution in [0.15, 0.2) is 84.9 Å². The lowest BCUT2D eigenvalue weighted by Crippen LogP contribution is -2.12. The summed E-state index contributed by atoms with van der Waals surface area (Å²) in [5.41, 5.74) is 6.65. The Bertz CT molecular complexity index is 2190. The highest BCUT2D eigenvalue weighted by atomic mass is 16.5. The van der Waals surface area contributed by atoms with Crippen LogP contribution >= 0.6 is 0 Å². The molecule has 0 bridgehead atoms. The van der Waals surface area contributed by atoms with E-state index in [1.807, 2.05) is 74.5 Å². The van der Waals surface area contributed by atoms with E-state index in [0.29, 0.717) is 35.5 Å². The Labute approximate surface area is 241 Å². The third-order valence-electron chi connectivity index (χ3n) is 9.05. The Morgan fingerprint density at radius 1 is 0.429 bits per heavy atom. The maximum atomic E-state index is 13.8. The first-order valence-electron chi connectivity index (χ1n) is 14.4. The van der Waals surface area contributed by atoms with Crippen LogP contribution in [0.4, 0.5) is 0 Å². The third-order valence-corrected chi connectivity index (χ3v) is 9.05. The van der Waals surface area contributed by atoms with Crippen LogP contribution in [-0.4, -0.2) is 24.8 Å². The number of hydrogen-bond acceptors (Lipinski definition) is 4. The van der Waals surface area contributed by atoms with Crippen LogP contribution in [0.1, 0.15) is 45.7 Å². The summed E-state index contributed by atoms with van der Waals surface area (Å²) in [5.74, 6) is 1.56. The first kappa shape index (κ1) is 23.5. The predicted molar refractivity (Wildman–Crippen MR) is 168 cm³/mol. The Kier molecular flexibility index (Phi) is 4.57. The van der Waals surface area contributed by atoms with Crippen molar-refractivity contribution in [2.24, 2.45) is 0 Å². The van der Waals surface area contributed by atoms with Crippen molar-refractivity contribution in [2.45, 2.75) is 13.8 Å². The van der Waals surface area contributed by atoms with Crippen molar-refractivity contribution in [3.8, 4) is 33.8 Å². The van der Waals surface area contributed by atoms with Gasteiger partial charge in [-0.3, -0.25) is 9.59 Å². The lowest BCUT2D eigenvalue weighted by Gasteiger charge is -2.28. The minimum atomic E-state index is 0.0306. The Morgan fingerprint density at radius 2 is 0.833 bits per heavy atom. The number of ether oxygens (including phenoxy) is 2. The van der Waals surface area contributed by atoms with Gasteiger partial charge in [0.05, 0.1) is 13.2 Å². The van der Waals surface area contributed by atoms with Gasteiger partial charge in [0, 0.05) is 54.6 Å². The Hall–Kier alpha value is -5.22. The molecule has 0 saturated heterocycles. The molecule has 42 heavy (non-hydrogen) atoms. The van der Waals surface area contributed by atoms with E-state index in [-0.39, 0.29) is 11.6 Å². The number of fused-ring (bicyclic) bond motifs is 6. The molecule has 0 spiro atoms. The summed E-state index contributed by atoms with van der Waals surface area (Å²) in [7, 11) is 0. The lowest BCUT2D eigenvalue weighted by molar-refractivity contribution is 0.103. The van der Waals surface area contributed by atoms with Gasteiger partial charge < -0.3 is 9.47 Å². The molecule has 0 aromatic heterocycles. The molecule has 0 atom stereocenters. The number of carbonyl (C=O) groups is 2. The van der Waals surface area contributed by atoms with E-state index in [2.05, 4.69) is 24.3 Å². The summed E-state index contributed by atoms with van der Waals surface area (Å²) < 4.78 is 12.8. The fraction of sp³-hybridized carbons (Fsp3) is 0.105. The van der Waals surface area contributed by atoms with Crippen molar-refractivity contribution in [1.82, 2.24) is 0 Å². The van der Waals surface area contributed by atoms with Crippen LogP contribution in [0, 0.1) is 0 Å². The summed E-state index contributed by atoms with van der Waals surface area (Å²) in [5, 5.41) is 7.78. The fourth-order valence-electron chi connectivity index (χ4n) is 7.49. The highest BCUT2D eigenvalue weighted by Crippen LogP contribution is 2.55. The molecule has 0 amide bonds. The minimum absolute atomic E-state index is 0.0306. The highest BCUT2D eigenvalue weighted by Gasteiger charge is 2.33. The summed E-state index contributed by atoms with van der Waals surface area (Å²) in [6, 6.07) is 27.9. The SMILES string of the molecule is CCOc1cc2c3c(ccc4c5ccc6c7c(cc(OCC)c(c1c34)c75)-c1ccccc1C6=O)C(=O)c1ccccc1-2. The molecule has 7 aromatic rings. The van der Waals surface area contributed by atoms with Gasteiger partial charge in [-0.2, -0.15) is 0 Å². The second-order valence-corrected chi connectivity index (χ2v) is 11.0. The summed E-state index contributed by atoms with van der Waals surface area (Å²) >= 11 is 0. The van der Waals surface area contributed by atoms with Crippen LogP contribution in [0.25, 0.3) is 65.3 Å². The molecular weight excluding hydrogens is 520 g/mol. The highest BCUT2D eigenvalue weighted by molar-refractivity contribution is 6.43. The normalized spacial score (nSPS) is 13.3. The van der Waals surface area contributed by atoms with Crippen LogP contribution in [0.3, 0.4) is 0 Å². The van der Waals surface area contributed by atoms with E-state index in [1.165, 1.54) is 0 Å². The van der Waals surface area contributed by atoms with Gasteiger partial charge in [-0.1, -0.05) is 60.7 Å². The molecule has 0 heterocycles. The maximum absolute atomic E-state index is 13.8. The second-order valence-electron chi connectivity index (χ2n) is 11.0. The van der Waals surface area contributed by atoms with Crippen molar-refractivity contribution in [1.29, 1.82) is 0 Å². The molecule has 0 fully saturated rings. The van der Waals surface area contributed by atoms with Crippen LogP contribution < -0.4 is 9.47 Å². The van der Waals surface area contributed by atoms with Gasteiger partial charge in [0.25, 0.3) is 0 Å². The molecule has 2 aliphatic carbocycles. The maximum Gasteiger partial charge on any atom is 0.194 e. The van der Waals surface area contributed by atoms with E-state index < -0.39 is 0 Å². The summed E-state index contributed by atoms with van der Waals surface area (Å²) in [6.45, 7) is 4.94. The Balaban J connectivity index is 1.58. The van der Waals surface area contributed by atoms with Crippen molar-refractivity contribution >= 4 is 54.7 Å². The fourth-order valence-corrected chi connectivity index (χ4v) is 7.49. The molecule has 4 heteroatoms. The zero-order chi connectivity index (χ0) is 28.3. The molecule has 200 valence electrons. The van der Waals surface area contributed by atoms with E-state index in [1.54, 1.807) is 0 Å². The van der Waals surface area contributed by atoms with Gasteiger partial charge in [-0.15, -0.1) is 0 Å². The summed E-state index contributed by atoms with van der Waals surface area (Å²) in [6.07, 6.45) is 0. The molecule has 0 unspecified atom stereocenters. The topological polar surface area (TPSA) is 52.6 Å². The number of benzene rings is 7. The minimum Gasteiger partial charge on any atom is -0.493 e. The molecule has 0 saturated carbocycles. The molecule has 2 aliphatic rings.